The molecule has 6 nitrogen and oxygen atoms in total. The van der Waals surface area contributed by atoms with E-state index in [0.717, 1.165) is 0 Å². The van der Waals surface area contributed by atoms with Gasteiger partial charge in [-0.15, -0.1) is 0 Å². The van der Waals surface area contributed by atoms with Gasteiger partial charge in [0.1, 0.15) is 0 Å². The van der Waals surface area contributed by atoms with Crippen LogP contribution in [0.4, 0.5) is 5.69 Å². The van der Waals surface area contributed by atoms with Gasteiger partial charge in [0.15, 0.2) is 0 Å². The molecule has 0 saturated carbocycles. The summed E-state index contributed by atoms with van der Waals surface area (Å²) in [5.74, 6) is 0. The van der Waals surface area contributed by atoms with E-state index in [1.165, 1.54) is 18.2 Å². The van der Waals surface area contributed by atoms with Crippen LogP contribution in [-0.4, -0.2) is 45.3 Å². The van der Waals surface area contributed by atoms with Gasteiger partial charge in [-0.25, -0.2) is 0 Å². The fourth-order valence-electron chi connectivity index (χ4n) is 2.08. The van der Waals surface area contributed by atoms with E-state index in [1.54, 1.807) is 4.90 Å². The van der Waals surface area contributed by atoms with E-state index < -0.39 is 17.1 Å². The number of hydrogen-bond donors (Lipinski definition) is 2. The molecule has 1 aliphatic heterocycles. The third-order valence-corrected chi connectivity index (χ3v) is 3.20. The third-order valence-electron chi connectivity index (χ3n) is 2.97. The number of aliphatic hydroxyl groups excluding tert-OH is 2. The van der Waals surface area contributed by atoms with Crippen LogP contribution in [0.5, 0.6) is 0 Å². The Kier molecular flexibility index (Phi) is 3.82. The van der Waals surface area contributed by atoms with Gasteiger partial charge in [0.25, 0.3) is 5.69 Å². The first kappa shape index (κ1) is 13.2. The number of halogens is 1. The van der Waals surface area contributed by atoms with Crippen molar-refractivity contribution in [2.24, 2.45) is 0 Å². The molecule has 0 unspecified atom stereocenters. The van der Waals surface area contributed by atoms with Gasteiger partial charge in [0, 0.05) is 36.3 Å². The first-order valence-corrected chi connectivity index (χ1v) is 5.86. The average molecular weight is 273 g/mol. The molecule has 0 aromatic heterocycles. The molecule has 1 aromatic rings. The molecule has 1 aromatic carbocycles. The standard InChI is InChI=1S/C11H13ClN2O4/c12-8-1-2-9(14(17)18)7(3-8)4-13-5-10(15)11(16)6-13/h1-3,10-11,15-16H,4-6H2/t10-,11+. The van der Waals surface area contributed by atoms with Crippen LogP contribution in [0.1, 0.15) is 5.56 Å². The van der Waals surface area contributed by atoms with Crippen LogP contribution < -0.4 is 0 Å². The van der Waals surface area contributed by atoms with Gasteiger partial charge in [0.2, 0.25) is 0 Å². The maximum absolute atomic E-state index is 10.9. The first-order chi connectivity index (χ1) is 8.47. The van der Waals surface area contributed by atoms with Gasteiger partial charge < -0.3 is 10.2 Å². The highest BCUT2D eigenvalue weighted by molar-refractivity contribution is 6.30. The van der Waals surface area contributed by atoms with Gasteiger partial charge in [-0.2, -0.15) is 0 Å². The molecule has 2 N–H and O–H groups in total. The molecule has 0 aliphatic carbocycles. The minimum atomic E-state index is -0.803. The Morgan fingerprint density at radius 2 is 2.00 bits per heavy atom. The van der Waals surface area contributed by atoms with Crippen LogP contribution in [0.15, 0.2) is 18.2 Å². The van der Waals surface area contributed by atoms with E-state index in [4.69, 9.17) is 11.6 Å². The largest absolute Gasteiger partial charge is 0.389 e. The lowest BCUT2D eigenvalue weighted by atomic mass is 10.1. The van der Waals surface area contributed by atoms with Gasteiger partial charge in [0.05, 0.1) is 17.1 Å². The molecule has 2 rings (SSSR count). The number of likely N-dealkylation sites (tertiary alicyclic amines) is 1. The lowest BCUT2D eigenvalue weighted by molar-refractivity contribution is -0.385. The second kappa shape index (κ2) is 5.19. The van der Waals surface area contributed by atoms with Gasteiger partial charge in [-0.05, 0) is 12.1 Å². The normalized spacial score (nSPS) is 24.4. The van der Waals surface area contributed by atoms with Crippen molar-refractivity contribution in [2.75, 3.05) is 13.1 Å². The Morgan fingerprint density at radius 1 is 1.39 bits per heavy atom. The van der Waals surface area contributed by atoms with E-state index in [0.29, 0.717) is 23.7 Å². The van der Waals surface area contributed by atoms with Crippen molar-refractivity contribution in [1.82, 2.24) is 4.90 Å². The van der Waals surface area contributed by atoms with Gasteiger partial charge in [-0.1, -0.05) is 11.6 Å². The summed E-state index contributed by atoms with van der Waals surface area (Å²) < 4.78 is 0. The van der Waals surface area contributed by atoms with Crippen molar-refractivity contribution in [3.8, 4) is 0 Å². The zero-order valence-corrected chi connectivity index (χ0v) is 10.2. The molecule has 98 valence electrons. The molecule has 0 spiro atoms. The number of nitro benzene ring substituents is 1. The Hall–Kier alpha value is -1.21. The Labute approximate surface area is 109 Å². The molecule has 7 heteroatoms. The van der Waals surface area contributed by atoms with Crippen molar-refractivity contribution < 1.29 is 15.1 Å². The van der Waals surface area contributed by atoms with Crippen molar-refractivity contribution >= 4 is 17.3 Å². The average Bonchev–Trinajstić information content (AvgIpc) is 2.57. The molecule has 1 saturated heterocycles. The second-order valence-corrected chi connectivity index (χ2v) is 4.80. The summed E-state index contributed by atoms with van der Waals surface area (Å²) in [6.45, 7) is 0.876. The van der Waals surface area contributed by atoms with Gasteiger partial charge >= 0.3 is 0 Å². The summed E-state index contributed by atoms with van der Waals surface area (Å²) in [5, 5.41) is 30.2. The molecule has 0 bridgehead atoms. The molecule has 1 fully saturated rings. The van der Waals surface area contributed by atoms with Crippen molar-refractivity contribution in [3.63, 3.8) is 0 Å². The second-order valence-electron chi connectivity index (χ2n) is 4.36. The lowest BCUT2D eigenvalue weighted by Crippen LogP contribution is -2.22. The molecule has 0 radical (unpaired) electrons. The molecule has 0 amide bonds. The first-order valence-electron chi connectivity index (χ1n) is 5.48. The molecular weight excluding hydrogens is 260 g/mol. The van der Waals surface area contributed by atoms with Crippen LogP contribution in [0.2, 0.25) is 5.02 Å². The smallest absolute Gasteiger partial charge is 0.273 e. The van der Waals surface area contributed by atoms with E-state index in [9.17, 15) is 20.3 Å². The number of benzene rings is 1. The van der Waals surface area contributed by atoms with Crippen LogP contribution in [-0.2, 0) is 6.54 Å². The predicted octanol–water partition coefficient (Wildman–Crippen LogP) is 0.786. The number of β-amino-alcohol motifs (C(OH)–C–C–N with tert-alkyl or cyclic N) is 2. The van der Waals surface area contributed by atoms with Crippen LogP contribution in [0, 0.1) is 10.1 Å². The van der Waals surface area contributed by atoms with E-state index in [1.807, 2.05) is 0 Å². The molecular formula is C11H13ClN2O4. The van der Waals surface area contributed by atoms with Crippen molar-refractivity contribution in [3.05, 3.63) is 38.9 Å². The Balaban J connectivity index is 2.18. The van der Waals surface area contributed by atoms with E-state index >= 15 is 0 Å². The van der Waals surface area contributed by atoms with Crippen molar-refractivity contribution in [1.29, 1.82) is 0 Å². The van der Waals surface area contributed by atoms with Gasteiger partial charge in [-0.3, -0.25) is 15.0 Å². The summed E-state index contributed by atoms with van der Waals surface area (Å²) >= 11 is 5.82. The van der Waals surface area contributed by atoms with E-state index in [-0.39, 0.29) is 12.2 Å². The van der Waals surface area contributed by atoms with Crippen LogP contribution in [0.3, 0.4) is 0 Å². The fraction of sp³-hybridized carbons (Fsp3) is 0.455. The third kappa shape index (κ3) is 2.78. The number of nitro groups is 1. The SMILES string of the molecule is O=[N+]([O-])c1ccc(Cl)cc1CN1C[C@@H](O)[C@@H](O)C1. The number of rotatable bonds is 3. The van der Waals surface area contributed by atoms with Crippen molar-refractivity contribution in [2.45, 2.75) is 18.8 Å². The molecule has 1 heterocycles. The molecule has 1 aliphatic rings. The Bertz CT molecular complexity index is 458. The highest BCUT2D eigenvalue weighted by atomic mass is 35.5. The predicted molar refractivity (Wildman–Crippen MR) is 65.4 cm³/mol. The Morgan fingerprint density at radius 3 is 2.56 bits per heavy atom. The highest BCUT2D eigenvalue weighted by Gasteiger charge is 2.30. The monoisotopic (exact) mass is 272 g/mol. The van der Waals surface area contributed by atoms with Crippen LogP contribution in [0.25, 0.3) is 0 Å². The summed E-state index contributed by atoms with van der Waals surface area (Å²) in [4.78, 5) is 12.2. The number of hydrogen-bond acceptors (Lipinski definition) is 5. The summed E-state index contributed by atoms with van der Waals surface area (Å²) in [6, 6.07) is 4.37. The minimum Gasteiger partial charge on any atom is -0.389 e. The topological polar surface area (TPSA) is 86.8 Å². The quantitative estimate of drug-likeness (QED) is 0.627. The summed E-state index contributed by atoms with van der Waals surface area (Å²) in [6.07, 6.45) is -1.61. The summed E-state index contributed by atoms with van der Waals surface area (Å²) in [7, 11) is 0. The lowest BCUT2D eigenvalue weighted by Gasteiger charge is -2.14. The fourth-order valence-corrected chi connectivity index (χ4v) is 2.27. The maximum atomic E-state index is 10.9. The highest BCUT2D eigenvalue weighted by Crippen LogP contribution is 2.25. The summed E-state index contributed by atoms with van der Waals surface area (Å²) in [5.41, 5.74) is 0.476. The molecule has 18 heavy (non-hydrogen) atoms. The number of aliphatic hydroxyl groups is 2. The zero-order valence-electron chi connectivity index (χ0n) is 9.49. The minimum absolute atomic E-state index is 0.00437. The van der Waals surface area contributed by atoms with E-state index in [2.05, 4.69) is 0 Å². The maximum Gasteiger partial charge on any atom is 0.273 e. The number of nitrogens with zero attached hydrogens (tertiary/aromatic N) is 2. The van der Waals surface area contributed by atoms with Crippen LogP contribution >= 0.6 is 11.6 Å². The zero-order chi connectivity index (χ0) is 13.3. The molecule has 2 atom stereocenters.